The fourth-order valence-corrected chi connectivity index (χ4v) is 1.95. The minimum Gasteiger partial charge on any atom is -0.494 e. The molecule has 1 nitrogen and oxygen atoms in total. The van der Waals surface area contributed by atoms with E-state index >= 15 is 0 Å². The molecular weight excluding hydrogens is 232 g/mol. The van der Waals surface area contributed by atoms with E-state index in [0.717, 1.165) is 25.2 Å². The second-order valence-electron chi connectivity index (χ2n) is 5.34. The van der Waals surface area contributed by atoms with Gasteiger partial charge in [-0.25, -0.2) is 0 Å². The topological polar surface area (TPSA) is 9.23 Å². The van der Waals surface area contributed by atoms with Gasteiger partial charge in [0.25, 0.3) is 0 Å². The molecule has 1 heteroatoms. The van der Waals surface area contributed by atoms with E-state index in [4.69, 9.17) is 4.74 Å². The first-order valence-electron chi connectivity index (χ1n) is 6.99. The van der Waals surface area contributed by atoms with E-state index in [0.29, 0.717) is 5.92 Å². The Labute approximate surface area is 116 Å². The zero-order valence-electron chi connectivity index (χ0n) is 11.8. The predicted molar refractivity (Wildman–Crippen MR) is 80.6 cm³/mol. The summed E-state index contributed by atoms with van der Waals surface area (Å²) in [6, 6.07) is 19.0. The quantitative estimate of drug-likeness (QED) is 0.726. The molecular formula is C18H22O. The van der Waals surface area contributed by atoms with Crippen LogP contribution in [0.25, 0.3) is 0 Å². The average molecular weight is 254 g/mol. The standard InChI is InChI=1S/C18H22O/c1-15(2)12-13-19-18-10-8-17(9-11-18)14-16-6-4-3-5-7-16/h3-11,15H,12-14H2,1-2H3. The van der Waals surface area contributed by atoms with Crippen LogP contribution in [0.3, 0.4) is 0 Å². The molecule has 19 heavy (non-hydrogen) atoms. The van der Waals surface area contributed by atoms with Crippen LogP contribution in [-0.2, 0) is 6.42 Å². The Morgan fingerprint density at radius 2 is 1.47 bits per heavy atom. The lowest BCUT2D eigenvalue weighted by atomic mass is 10.1. The molecule has 0 N–H and O–H groups in total. The van der Waals surface area contributed by atoms with Crippen LogP contribution in [0.5, 0.6) is 5.75 Å². The smallest absolute Gasteiger partial charge is 0.119 e. The molecule has 0 aromatic heterocycles. The highest BCUT2D eigenvalue weighted by molar-refractivity contribution is 5.31. The molecule has 0 amide bonds. The summed E-state index contributed by atoms with van der Waals surface area (Å²) in [4.78, 5) is 0. The second kappa shape index (κ2) is 6.98. The summed E-state index contributed by atoms with van der Waals surface area (Å²) < 4.78 is 5.72. The van der Waals surface area contributed by atoms with Gasteiger partial charge in [0, 0.05) is 0 Å². The minimum absolute atomic E-state index is 0.692. The third-order valence-corrected chi connectivity index (χ3v) is 3.14. The molecule has 0 saturated heterocycles. The molecule has 0 radical (unpaired) electrons. The highest BCUT2D eigenvalue weighted by Gasteiger charge is 1.99. The maximum atomic E-state index is 5.72. The van der Waals surface area contributed by atoms with Gasteiger partial charge in [0.05, 0.1) is 6.61 Å². The molecule has 0 heterocycles. The SMILES string of the molecule is CC(C)CCOc1ccc(Cc2ccccc2)cc1. The third-order valence-electron chi connectivity index (χ3n) is 3.14. The van der Waals surface area contributed by atoms with Crippen molar-refractivity contribution in [1.82, 2.24) is 0 Å². The van der Waals surface area contributed by atoms with Crippen molar-refractivity contribution in [3.8, 4) is 5.75 Å². The van der Waals surface area contributed by atoms with Crippen LogP contribution in [0.4, 0.5) is 0 Å². The van der Waals surface area contributed by atoms with E-state index in [1.54, 1.807) is 0 Å². The summed E-state index contributed by atoms with van der Waals surface area (Å²) in [5.41, 5.74) is 2.67. The van der Waals surface area contributed by atoms with Gasteiger partial charge in [-0.2, -0.15) is 0 Å². The maximum absolute atomic E-state index is 5.72. The van der Waals surface area contributed by atoms with Gasteiger partial charge < -0.3 is 4.74 Å². The van der Waals surface area contributed by atoms with E-state index in [1.165, 1.54) is 11.1 Å². The zero-order valence-corrected chi connectivity index (χ0v) is 11.8. The lowest BCUT2D eigenvalue weighted by Crippen LogP contribution is -2.01. The molecule has 0 fully saturated rings. The van der Waals surface area contributed by atoms with Crippen molar-refractivity contribution in [1.29, 1.82) is 0 Å². The molecule has 2 aromatic carbocycles. The summed E-state index contributed by atoms with van der Waals surface area (Å²) >= 11 is 0. The lowest BCUT2D eigenvalue weighted by Gasteiger charge is -2.09. The van der Waals surface area contributed by atoms with Crippen LogP contribution < -0.4 is 4.74 Å². The molecule has 0 aliphatic rings. The fraction of sp³-hybridized carbons (Fsp3) is 0.333. The van der Waals surface area contributed by atoms with Crippen LogP contribution in [0, 0.1) is 5.92 Å². The normalized spacial score (nSPS) is 10.7. The molecule has 0 spiro atoms. The van der Waals surface area contributed by atoms with E-state index < -0.39 is 0 Å². The Morgan fingerprint density at radius 3 is 2.11 bits per heavy atom. The Kier molecular flexibility index (Phi) is 5.02. The molecule has 0 bridgehead atoms. The average Bonchev–Trinajstić information content (AvgIpc) is 2.42. The molecule has 0 aliphatic heterocycles. The van der Waals surface area contributed by atoms with Crippen molar-refractivity contribution in [2.24, 2.45) is 5.92 Å². The Hall–Kier alpha value is -1.76. The Morgan fingerprint density at radius 1 is 0.842 bits per heavy atom. The lowest BCUT2D eigenvalue weighted by molar-refractivity contribution is 0.289. The van der Waals surface area contributed by atoms with E-state index in [9.17, 15) is 0 Å². The van der Waals surface area contributed by atoms with Gasteiger partial charge in [-0.15, -0.1) is 0 Å². The molecule has 0 aliphatic carbocycles. The molecule has 0 unspecified atom stereocenters. The molecule has 100 valence electrons. The van der Waals surface area contributed by atoms with Gasteiger partial charge in [-0.1, -0.05) is 56.3 Å². The number of ether oxygens (including phenoxy) is 1. The van der Waals surface area contributed by atoms with Gasteiger partial charge in [0.2, 0.25) is 0 Å². The summed E-state index contributed by atoms with van der Waals surface area (Å²) in [6.45, 7) is 5.23. The predicted octanol–water partition coefficient (Wildman–Crippen LogP) is 4.70. The Balaban J connectivity index is 1.88. The van der Waals surface area contributed by atoms with Crippen molar-refractivity contribution in [2.75, 3.05) is 6.61 Å². The number of rotatable bonds is 6. The van der Waals surface area contributed by atoms with Gasteiger partial charge in [-0.05, 0) is 42.0 Å². The van der Waals surface area contributed by atoms with Gasteiger partial charge in [0.15, 0.2) is 0 Å². The maximum Gasteiger partial charge on any atom is 0.119 e. The van der Waals surface area contributed by atoms with Crippen molar-refractivity contribution in [3.05, 3.63) is 65.7 Å². The first-order chi connectivity index (χ1) is 9.24. The summed E-state index contributed by atoms with van der Waals surface area (Å²) in [5, 5.41) is 0. The van der Waals surface area contributed by atoms with E-state index in [1.807, 2.05) is 0 Å². The first-order valence-corrected chi connectivity index (χ1v) is 6.99. The summed E-state index contributed by atoms with van der Waals surface area (Å²) in [7, 11) is 0. The highest BCUT2D eigenvalue weighted by Crippen LogP contribution is 2.16. The van der Waals surface area contributed by atoms with E-state index in [-0.39, 0.29) is 0 Å². The molecule has 2 aromatic rings. The van der Waals surface area contributed by atoms with E-state index in [2.05, 4.69) is 68.4 Å². The third kappa shape index (κ3) is 4.78. The van der Waals surface area contributed by atoms with Crippen LogP contribution in [0.15, 0.2) is 54.6 Å². The fourth-order valence-electron chi connectivity index (χ4n) is 1.95. The number of hydrogen-bond acceptors (Lipinski definition) is 1. The molecule has 0 saturated carbocycles. The summed E-state index contributed by atoms with van der Waals surface area (Å²) in [6.07, 6.45) is 2.08. The largest absolute Gasteiger partial charge is 0.494 e. The number of benzene rings is 2. The summed E-state index contributed by atoms with van der Waals surface area (Å²) in [5.74, 6) is 1.66. The van der Waals surface area contributed by atoms with Crippen molar-refractivity contribution >= 4 is 0 Å². The van der Waals surface area contributed by atoms with Gasteiger partial charge >= 0.3 is 0 Å². The van der Waals surface area contributed by atoms with Crippen LogP contribution >= 0.6 is 0 Å². The molecule has 2 rings (SSSR count). The van der Waals surface area contributed by atoms with Crippen molar-refractivity contribution in [3.63, 3.8) is 0 Å². The second-order valence-corrected chi connectivity index (χ2v) is 5.34. The van der Waals surface area contributed by atoms with Crippen LogP contribution in [0.2, 0.25) is 0 Å². The minimum atomic E-state index is 0.692. The van der Waals surface area contributed by atoms with Crippen LogP contribution in [-0.4, -0.2) is 6.61 Å². The monoisotopic (exact) mass is 254 g/mol. The van der Waals surface area contributed by atoms with Crippen molar-refractivity contribution in [2.45, 2.75) is 26.7 Å². The van der Waals surface area contributed by atoms with Gasteiger partial charge in [0.1, 0.15) is 5.75 Å². The first kappa shape index (κ1) is 13.7. The van der Waals surface area contributed by atoms with Crippen LogP contribution in [0.1, 0.15) is 31.4 Å². The van der Waals surface area contributed by atoms with Gasteiger partial charge in [-0.3, -0.25) is 0 Å². The zero-order chi connectivity index (χ0) is 13.5. The Bertz CT molecular complexity index is 471. The molecule has 0 atom stereocenters. The highest BCUT2D eigenvalue weighted by atomic mass is 16.5. The number of hydrogen-bond donors (Lipinski definition) is 0. The van der Waals surface area contributed by atoms with Crippen molar-refractivity contribution < 1.29 is 4.74 Å².